The summed E-state index contributed by atoms with van der Waals surface area (Å²) < 4.78 is 39.3. The molecule has 11 nitrogen and oxygen atoms in total. The fourth-order valence-electron chi connectivity index (χ4n) is 3.38. The predicted octanol–water partition coefficient (Wildman–Crippen LogP) is 3.30. The first-order valence-electron chi connectivity index (χ1n) is 12.2. The quantitative estimate of drug-likeness (QED) is 0.0949. The van der Waals surface area contributed by atoms with Crippen molar-refractivity contribution in [2.45, 2.75) is 44.2 Å². The normalized spacial score (nSPS) is 12.8. The van der Waals surface area contributed by atoms with Crippen LogP contribution in [0.5, 0.6) is 11.5 Å². The summed E-state index contributed by atoms with van der Waals surface area (Å²) >= 11 is 0. The van der Waals surface area contributed by atoms with Crippen LogP contribution in [0.2, 0.25) is 0 Å². The highest BCUT2D eigenvalue weighted by Crippen LogP contribution is 2.22. The maximum atomic E-state index is 12.9. The fraction of sp³-hybridized carbons (Fsp3) is 0.250. The van der Waals surface area contributed by atoms with Gasteiger partial charge in [-0.05, 0) is 88.4 Å². The number of carbonyl (C=O) groups excluding carboxylic acids is 2. The van der Waals surface area contributed by atoms with Crippen LogP contribution in [0.4, 0.5) is 0 Å². The minimum absolute atomic E-state index is 0.0202. The van der Waals surface area contributed by atoms with E-state index in [4.69, 9.17) is 20.4 Å². The van der Waals surface area contributed by atoms with Crippen LogP contribution in [0.1, 0.15) is 42.3 Å². The number of carbonyl (C=O) groups is 2. The molecule has 0 saturated carbocycles. The number of ether oxygens (including phenoxy) is 2. The summed E-state index contributed by atoms with van der Waals surface area (Å²) in [5.74, 6) is -0.444. The molecule has 1 atom stereocenters. The number of aryl methyl sites for hydroxylation is 1. The van der Waals surface area contributed by atoms with Crippen LogP contribution in [-0.2, 0) is 19.6 Å². The molecule has 0 aliphatic carbocycles. The molecular weight excluding hydrogens is 536 g/mol. The first-order chi connectivity index (χ1) is 18.8. The van der Waals surface area contributed by atoms with E-state index >= 15 is 0 Å². The van der Waals surface area contributed by atoms with Gasteiger partial charge in [0.25, 0.3) is 5.91 Å². The predicted molar refractivity (Wildman–Crippen MR) is 149 cm³/mol. The van der Waals surface area contributed by atoms with Gasteiger partial charge < -0.3 is 25.7 Å². The van der Waals surface area contributed by atoms with Crippen LogP contribution in [-0.4, -0.2) is 49.5 Å². The molecule has 0 radical (unpaired) electrons. The van der Waals surface area contributed by atoms with Crippen molar-refractivity contribution in [3.8, 4) is 11.5 Å². The number of amides is 1. The molecule has 0 aliphatic rings. The van der Waals surface area contributed by atoms with Crippen molar-refractivity contribution in [3.05, 3.63) is 89.5 Å². The summed E-state index contributed by atoms with van der Waals surface area (Å²) in [6.07, 6.45) is 0. The molecule has 0 saturated heterocycles. The molecule has 0 bridgehead atoms. The van der Waals surface area contributed by atoms with Crippen molar-refractivity contribution in [2.24, 2.45) is 10.9 Å². The highest BCUT2D eigenvalue weighted by atomic mass is 32.2. The monoisotopic (exact) mass is 568 g/mol. The number of nitrogens with zero attached hydrogens (tertiary/aromatic N) is 1. The zero-order chi connectivity index (χ0) is 29.5. The van der Waals surface area contributed by atoms with Gasteiger partial charge in [-0.25, -0.2) is 8.42 Å². The number of nitrogens with two attached hydrogens (primary N) is 1. The lowest BCUT2D eigenvalue weighted by molar-refractivity contribution is -0.156. The number of sulfonamides is 1. The van der Waals surface area contributed by atoms with Gasteiger partial charge in [0, 0.05) is 17.7 Å². The van der Waals surface area contributed by atoms with E-state index in [2.05, 4.69) is 15.2 Å². The van der Waals surface area contributed by atoms with Gasteiger partial charge in [0.15, 0.2) is 5.84 Å². The molecular formula is C28H32N4O7S. The van der Waals surface area contributed by atoms with Gasteiger partial charge in [-0.15, -0.1) is 0 Å². The Balaban J connectivity index is 1.68. The number of oxime groups is 1. The van der Waals surface area contributed by atoms with Crippen molar-refractivity contribution in [1.29, 1.82) is 0 Å². The Labute approximate surface area is 233 Å². The molecule has 0 fully saturated rings. The van der Waals surface area contributed by atoms with E-state index in [-0.39, 0.29) is 22.8 Å². The summed E-state index contributed by atoms with van der Waals surface area (Å²) in [7, 11) is -4.08. The molecule has 12 heteroatoms. The Kier molecular flexibility index (Phi) is 9.51. The fourth-order valence-corrected chi connectivity index (χ4v) is 4.56. The number of benzene rings is 3. The zero-order valence-corrected chi connectivity index (χ0v) is 23.4. The van der Waals surface area contributed by atoms with Crippen molar-refractivity contribution >= 4 is 27.7 Å². The molecule has 0 heterocycles. The van der Waals surface area contributed by atoms with Gasteiger partial charge in [0.1, 0.15) is 23.1 Å². The molecule has 0 aromatic heterocycles. The molecule has 3 aromatic rings. The number of hydrogen-bond donors (Lipinski definition) is 4. The Morgan fingerprint density at radius 1 is 0.925 bits per heavy atom. The van der Waals surface area contributed by atoms with E-state index in [0.29, 0.717) is 17.1 Å². The third-order valence-corrected chi connectivity index (χ3v) is 6.88. The number of hydrogen-bond acceptors (Lipinski definition) is 8. The molecule has 3 aromatic carbocycles. The standard InChI is InChI=1S/C28H32N4O7S/c1-18-5-15-23(16-6-18)40(36,37)32-24(27(34)39-28(2,3)4)17-30-26(33)20-9-13-22(14-10-20)38-21-11-7-19(8-12-21)25(29)31-35/h5-16,24,32,35H,17H2,1-4H3,(H2,29,31)(H,30,33). The van der Waals surface area contributed by atoms with Gasteiger partial charge in [0.2, 0.25) is 10.0 Å². The molecule has 0 aliphatic heterocycles. The van der Waals surface area contributed by atoms with Crippen LogP contribution < -0.4 is 20.5 Å². The van der Waals surface area contributed by atoms with E-state index in [9.17, 15) is 18.0 Å². The first-order valence-corrected chi connectivity index (χ1v) is 13.7. The lowest BCUT2D eigenvalue weighted by atomic mass is 10.2. The van der Waals surface area contributed by atoms with Gasteiger partial charge in [-0.2, -0.15) is 4.72 Å². The minimum atomic E-state index is -4.08. The summed E-state index contributed by atoms with van der Waals surface area (Å²) in [6, 6.07) is 17.5. The lowest BCUT2D eigenvalue weighted by Gasteiger charge is -2.24. The van der Waals surface area contributed by atoms with E-state index in [1.807, 2.05) is 6.92 Å². The molecule has 40 heavy (non-hydrogen) atoms. The molecule has 3 rings (SSSR count). The Morgan fingerprint density at radius 2 is 1.45 bits per heavy atom. The van der Waals surface area contributed by atoms with Gasteiger partial charge in [-0.1, -0.05) is 22.9 Å². The van der Waals surface area contributed by atoms with Gasteiger partial charge in [-0.3, -0.25) is 9.59 Å². The highest BCUT2D eigenvalue weighted by molar-refractivity contribution is 7.89. The van der Waals surface area contributed by atoms with Crippen LogP contribution in [0, 0.1) is 6.92 Å². The first kappa shape index (κ1) is 30.1. The van der Waals surface area contributed by atoms with Gasteiger partial charge >= 0.3 is 5.97 Å². The van der Waals surface area contributed by atoms with Crippen molar-refractivity contribution in [3.63, 3.8) is 0 Å². The Bertz CT molecular complexity index is 1460. The summed E-state index contributed by atoms with van der Waals surface area (Å²) in [4.78, 5) is 25.6. The average Bonchev–Trinajstić information content (AvgIpc) is 2.90. The Morgan fingerprint density at radius 3 is 1.95 bits per heavy atom. The van der Waals surface area contributed by atoms with Crippen LogP contribution in [0.15, 0.2) is 82.8 Å². The van der Waals surface area contributed by atoms with E-state index in [1.165, 1.54) is 24.3 Å². The second-order valence-corrected chi connectivity index (χ2v) is 11.6. The zero-order valence-electron chi connectivity index (χ0n) is 22.5. The van der Waals surface area contributed by atoms with Crippen LogP contribution in [0.3, 0.4) is 0 Å². The third-order valence-electron chi connectivity index (χ3n) is 5.40. The SMILES string of the molecule is Cc1ccc(S(=O)(=O)NC(CNC(=O)c2ccc(Oc3ccc(C(N)=NO)cc3)cc2)C(=O)OC(C)(C)C)cc1. The number of esters is 1. The average molecular weight is 569 g/mol. The molecule has 1 amide bonds. The van der Waals surface area contributed by atoms with Crippen LogP contribution in [0.25, 0.3) is 0 Å². The second-order valence-electron chi connectivity index (χ2n) is 9.87. The maximum absolute atomic E-state index is 12.9. The number of amidine groups is 1. The van der Waals surface area contributed by atoms with E-state index in [0.717, 1.165) is 5.56 Å². The lowest BCUT2D eigenvalue weighted by Crippen LogP contribution is -2.50. The summed E-state index contributed by atoms with van der Waals surface area (Å²) in [6.45, 7) is 6.46. The van der Waals surface area contributed by atoms with E-state index < -0.39 is 33.5 Å². The van der Waals surface area contributed by atoms with Crippen molar-refractivity contribution < 1.29 is 32.7 Å². The molecule has 5 N–H and O–H groups in total. The summed E-state index contributed by atoms with van der Waals surface area (Å²) in [5, 5.41) is 14.3. The maximum Gasteiger partial charge on any atom is 0.326 e. The third kappa shape index (κ3) is 8.55. The van der Waals surface area contributed by atoms with Crippen LogP contribution >= 0.6 is 0 Å². The van der Waals surface area contributed by atoms with E-state index in [1.54, 1.807) is 69.3 Å². The smallest absolute Gasteiger partial charge is 0.326 e. The summed E-state index contributed by atoms with van der Waals surface area (Å²) in [5.41, 5.74) is 6.34. The second kappa shape index (κ2) is 12.6. The largest absolute Gasteiger partial charge is 0.459 e. The molecule has 0 spiro atoms. The highest BCUT2D eigenvalue weighted by Gasteiger charge is 2.30. The number of nitrogens with one attached hydrogen (secondary N) is 2. The minimum Gasteiger partial charge on any atom is -0.459 e. The van der Waals surface area contributed by atoms with Crippen molar-refractivity contribution in [2.75, 3.05) is 6.54 Å². The Hall–Kier alpha value is -4.42. The number of rotatable bonds is 10. The topological polar surface area (TPSA) is 169 Å². The molecule has 1 unspecified atom stereocenters. The van der Waals surface area contributed by atoms with Crippen molar-refractivity contribution in [1.82, 2.24) is 10.0 Å². The van der Waals surface area contributed by atoms with Gasteiger partial charge in [0.05, 0.1) is 4.90 Å². The molecule has 212 valence electrons.